The molecule has 1 heterocycles. The highest BCUT2D eigenvalue weighted by Crippen LogP contribution is 2.52. The summed E-state index contributed by atoms with van der Waals surface area (Å²) in [5, 5.41) is 23.2. The van der Waals surface area contributed by atoms with E-state index < -0.39 is 29.2 Å². The number of methoxy groups -OCH3 is 2. The van der Waals surface area contributed by atoms with Gasteiger partial charge in [-0.25, -0.2) is 0 Å². The number of hydrogen-bond acceptors (Lipinski definition) is 8. The number of ether oxygens (including phenoxy) is 3. The molecular formula is C24H24ClNO7. The van der Waals surface area contributed by atoms with E-state index in [0.717, 1.165) is 0 Å². The van der Waals surface area contributed by atoms with Crippen molar-refractivity contribution in [3.63, 3.8) is 0 Å². The van der Waals surface area contributed by atoms with E-state index in [9.17, 15) is 19.8 Å². The number of carbonyl (C=O) groups excluding carboxylic acids is 2. The first-order valence-electron chi connectivity index (χ1n) is 10.4. The molecule has 1 spiro atoms. The van der Waals surface area contributed by atoms with Gasteiger partial charge >= 0.3 is 0 Å². The summed E-state index contributed by atoms with van der Waals surface area (Å²) in [6.45, 7) is 1.87. The molecule has 4 rings (SSSR count). The Kier molecular flexibility index (Phi) is 5.99. The number of Topliss-reactive ketones (excluding diaryl/α,β-unsaturated/α-hetero) is 1. The number of carbonyl (C=O) groups is 2. The Bertz CT molecular complexity index is 1160. The highest BCUT2D eigenvalue weighted by Gasteiger charge is 2.60. The second-order valence-corrected chi connectivity index (χ2v) is 8.47. The molecule has 1 aliphatic carbocycles. The number of ketones is 2. The second kappa shape index (κ2) is 8.61. The van der Waals surface area contributed by atoms with Crippen molar-refractivity contribution in [1.29, 1.82) is 0 Å². The minimum absolute atomic E-state index is 0.0522. The highest BCUT2D eigenvalue weighted by molar-refractivity contribution is 6.36. The molecule has 8 nitrogen and oxygen atoms in total. The summed E-state index contributed by atoms with van der Waals surface area (Å²) in [5.74, 6) is -0.942. The van der Waals surface area contributed by atoms with Crippen LogP contribution >= 0.6 is 11.6 Å². The van der Waals surface area contributed by atoms with E-state index in [-0.39, 0.29) is 40.1 Å². The second-order valence-electron chi connectivity index (χ2n) is 8.10. The molecule has 0 aromatic heterocycles. The fraction of sp³-hybridized carbons (Fsp3) is 0.333. The Hall–Kier alpha value is -3.23. The minimum Gasteiger partial charge on any atom is -0.508 e. The number of fused-ring (bicyclic) bond motifs is 1. The lowest BCUT2D eigenvalue weighted by molar-refractivity contribution is -0.129. The molecular weight excluding hydrogens is 450 g/mol. The third-order valence-electron chi connectivity index (χ3n) is 6.09. The van der Waals surface area contributed by atoms with Gasteiger partial charge in [-0.15, -0.1) is 0 Å². The average Bonchev–Trinajstić information content (AvgIpc) is 3.11. The van der Waals surface area contributed by atoms with Crippen LogP contribution in [0.1, 0.15) is 35.4 Å². The van der Waals surface area contributed by atoms with Crippen molar-refractivity contribution in [2.24, 2.45) is 5.92 Å². The zero-order chi connectivity index (χ0) is 23.9. The van der Waals surface area contributed by atoms with Crippen LogP contribution in [0.15, 0.2) is 42.1 Å². The van der Waals surface area contributed by atoms with Crippen LogP contribution in [0.5, 0.6) is 23.0 Å². The largest absolute Gasteiger partial charge is 0.508 e. The van der Waals surface area contributed by atoms with Gasteiger partial charge in [0.1, 0.15) is 27.8 Å². The summed E-state index contributed by atoms with van der Waals surface area (Å²) in [4.78, 5) is 26.7. The molecule has 9 heteroatoms. The predicted octanol–water partition coefficient (Wildman–Crippen LogP) is 3.19. The van der Waals surface area contributed by atoms with Crippen LogP contribution in [0.4, 0.5) is 0 Å². The molecule has 0 unspecified atom stereocenters. The molecule has 1 aliphatic heterocycles. The quantitative estimate of drug-likeness (QED) is 0.548. The Morgan fingerprint density at radius 1 is 1.24 bits per heavy atom. The van der Waals surface area contributed by atoms with E-state index in [2.05, 4.69) is 5.32 Å². The molecule has 0 fully saturated rings. The Morgan fingerprint density at radius 3 is 2.61 bits per heavy atom. The normalized spacial score (nSPS) is 22.5. The molecule has 0 amide bonds. The Balaban J connectivity index is 1.59. The molecule has 0 bridgehead atoms. The fourth-order valence-corrected chi connectivity index (χ4v) is 4.59. The first-order chi connectivity index (χ1) is 15.7. The van der Waals surface area contributed by atoms with E-state index in [1.807, 2.05) is 0 Å². The number of phenolic OH excluding ortho intramolecular Hbond substituents is 1. The van der Waals surface area contributed by atoms with Crippen molar-refractivity contribution in [1.82, 2.24) is 5.32 Å². The van der Waals surface area contributed by atoms with Gasteiger partial charge in [0, 0.05) is 30.3 Å². The van der Waals surface area contributed by atoms with Crippen LogP contribution in [0.2, 0.25) is 5.02 Å². The Morgan fingerprint density at radius 2 is 1.97 bits per heavy atom. The van der Waals surface area contributed by atoms with Gasteiger partial charge in [-0.1, -0.05) is 30.7 Å². The van der Waals surface area contributed by atoms with Gasteiger partial charge in [0.15, 0.2) is 5.75 Å². The van der Waals surface area contributed by atoms with E-state index in [4.69, 9.17) is 25.8 Å². The number of hydrogen-bond donors (Lipinski definition) is 3. The number of aliphatic hydroxyl groups is 1. The van der Waals surface area contributed by atoms with Gasteiger partial charge in [0.05, 0.1) is 20.3 Å². The van der Waals surface area contributed by atoms with Crippen LogP contribution in [-0.4, -0.2) is 48.1 Å². The molecule has 0 saturated carbocycles. The van der Waals surface area contributed by atoms with Crippen molar-refractivity contribution in [3.05, 3.63) is 58.3 Å². The van der Waals surface area contributed by atoms with Crippen LogP contribution in [-0.2, 0) is 4.79 Å². The first kappa shape index (κ1) is 22.9. The molecule has 33 heavy (non-hydrogen) atoms. The maximum atomic E-state index is 13.5. The summed E-state index contributed by atoms with van der Waals surface area (Å²) in [5.41, 5.74) is -0.524. The summed E-state index contributed by atoms with van der Waals surface area (Å²) >= 11 is 6.39. The van der Waals surface area contributed by atoms with Gasteiger partial charge in [-0.2, -0.15) is 0 Å². The SMILES string of the molecule is COc1cc(OC)c2c(c1Cl)O[C@@]1(C(=O)C=C(NC[C@@H](O)c3cccc(O)c3)C[C@H]1C)C2=O. The fourth-order valence-electron chi connectivity index (χ4n) is 4.33. The van der Waals surface area contributed by atoms with Crippen LogP contribution in [0.3, 0.4) is 0 Å². The standard InChI is InChI=1S/C24H24ClNO7/c1-12-7-14(26-11-16(28)13-5-4-6-15(27)8-13)9-19(29)24(12)23(30)20-17(31-2)10-18(32-3)21(25)22(20)33-24/h4-6,8-10,12,16,26-28H,7,11H2,1-3H3/t12-,16-,24+/m1/s1. The van der Waals surface area contributed by atoms with E-state index in [1.54, 1.807) is 19.1 Å². The van der Waals surface area contributed by atoms with Crippen LogP contribution in [0, 0.1) is 5.92 Å². The third kappa shape index (κ3) is 3.69. The topological polar surface area (TPSA) is 114 Å². The lowest BCUT2D eigenvalue weighted by atomic mass is 9.74. The summed E-state index contributed by atoms with van der Waals surface area (Å²) in [6, 6.07) is 7.81. The van der Waals surface area contributed by atoms with Crippen LogP contribution in [0.25, 0.3) is 0 Å². The zero-order valence-corrected chi connectivity index (χ0v) is 19.1. The van der Waals surface area contributed by atoms with Crippen LogP contribution < -0.4 is 19.5 Å². The van der Waals surface area contributed by atoms with E-state index >= 15 is 0 Å². The van der Waals surface area contributed by atoms with Crippen molar-refractivity contribution >= 4 is 23.2 Å². The smallest absolute Gasteiger partial charge is 0.236 e. The summed E-state index contributed by atoms with van der Waals surface area (Å²) in [7, 11) is 2.84. The zero-order valence-electron chi connectivity index (χ0n) is 18.3. The van der Waals surface area contributed by atoms with Gasteiger partial charge in [-0.3, -0.25) is 9.59 Å². The molecule has 2 aromatic carbocycles. The summed E-state index contributed by atoms with van der Waals surface area (Å²) < 4.78 is 16.6. The van der Waals surface area contributed by atoms with Crippen molar-refractivity contribution < 1.29 is 34.0 Å². The molecule has 0 saturated heterocycles. The first-order valence-corrected chi connectivity index (χ1v) is 10.7. The number of aliphatic hydroxyl groups excluding tert-OH is 1. The maximum Gasteiger partial charge on any atom is 0.236 e. The molecule has 2 aromatic rings. The monoisotopic (exact) mass is 473 g/mol. The number of phenols is 1. The van der Waals surface area contributed by atoms with Gasteiger partial charge < -0.3 is 29.7 Å². The molecule has 174 valence electrons. The van der Waals surface area contributed by atoms with E-state index in [0.29, 0.717) is 17.7 Å². The highest BCUT2D eigenvalue weighted by atomic mass is 35.5. The van der Waals surface area contributed by atoms with Crippen molar-refractivity contribution in [2.75, 3.05) is 20.8 Å². The van der Waals surface area contributed by atoms with Gasteiger partial charge in [0.2, 0.25) is 17.2 Å². The van der Waals surface area contributed by atoms with Crippen molar-refractivity contribution in [2.45, 2.75) is 25.0 Å². The lowest BCUT2D eigenvalue weighted by Crippen LogP contribution is -2.55. The molecule has 2 aliphatic rings. The predicted molar refractivity (Wildman–Crippen MR) is 120 cm³/mol. The lowest BCUT2D eigenvalue weighted by Gasteiger charge is -2.35. The number of benzene rings is 2. The van der Waals surface area contributed by atoms with Gasteiger partial charge in [0.25, 0.3) is 0 Å². The number of aromatic hydroxyl groups is 1. The minimum atomic E-state index is -1.75. The molecule has 3 N–H and O–H groups in total. The van der Waals surface area contributed by atoms with Gasteiger partial charge in [-0.05, 0) is 24.1 Å². The third-order valence-corrected chi connectivity index (χ3v) is 6.45. The number of halogens is 1. The Labute approximate surface area is 195 Å². The average molecular weight is 474 g/mol. The van der Waals surface area contributed by atoms with Crippen molar-refractivity contribution in [3.8, 4) is 23.0 Å². The number of rotatable bonds is 6. The van der Waals surface area contributed by atoms with E-state index in [1.165, 1.54) is 38.5 Å². The maximum absolute atomic E-state index is 13.5. The summed E-state index contributed by atoms with van der Waals surface area (Å²) in [6.07, 6.45) is 0.759. The molecule has 3 atom stereocenters. The number of nitrogens with one attached hydrogen (secondary N) is 1. The number of allylic oxidation sites excluding steroid dienone is 1. The molecule has 0 radical (unpaired) electrons.